The van der Waals surface area contributed by atoms with Crippen LogP contribution in [0.2, 0.25) is 0 Å². The molecule has 0 spiro atoms. The van der Waals surface area contributed by atoms with Gasteiger partial charge < -0.3 is 18.9 Å². The fourth-order valence-corrected chi connectivity index (χ4v) is 4.63. The molecule has 1 aromatic heterocycles. The van der Waals surface area contributed by atoms with Crippen molar-refractivity contribution in [2.24, 2.45) is 5.10 Å². The molecule has 9 nitrogen and oxygen atoms in total. The van der Waals surface area contributed by atoms with Gasteiger partial charge in [-0.05, 0) is 99.7 Å². The number of benzene rings is 3. The molecule has 0 unspecified atom stereocenters. The zero-order valence-electron chi connectivity index (χ0n) is 25.8. The summed E-state index contributed by atoms with van der Waals surface area (Å²) in [5.41, 5.74) is 3.69. The Bertz CT molecular complexity index is 1690. The van der Waals surface area contributed by atoms with Crippen LogP contribution in [-0.2, 0) is 9.53 Å². The molecule has 0 aliphatic rings. The summed E-state index contributed by atoms with van der Waals surface area (Å²) in [5, 5.41) is 5.09. The second kappa shape index (κ2) is 14.0. The molecule has 4 rings (SSSR count). The predicted octanol–water partition coefficient (Wildman–Crippen LogP) is 6.51. The van der Waals surface area contributed by atoms with Crippen LogP contribution in [0.15, 0.2) is 64.5 Å². The number of aryl methyl sites for hydroxylation is 1. The van der Waals surface area contributed by atoms with Crippen LogP contribution in [0.4, 0.5) is 0 Å². The zero-order valence-corrected chi connectivity index (χ0v) is 25.8. The SMILES string of the molecule is CCOc1cc(C=Nn2c(-c3cc(C(C)C)c(OCC)cc3C)nc3ccccc3c2=O)ccc1OCC(=O)OC(C)C. The summed E-state index contributed by atoms with van der Waals surface area (Å²) in [5.74, 6) is 1.81. The van der Waals surface area contributed by atoms with E-state index in [0.29, 0.717) is 47.0 Å². The van der Waals surface area contributed by atoms with E-state index >= 15 is 0 Å². The van der Waals surface area contributed by atoms with Crippen LogP contribution in [0.5, 0.6) is 17.2 Å². The maximum absolute atomic E-state index is 13.8. The van der Waals surface area contributed by atoms with Crippen LogP contribution < -0.4 is 19.8 Å². The van der Waals surface area contributed by atoms with Crippen LogP contribution in [0, 0.1) is 6.92 Å². The molecular weight excluding hydrogens is 546 g/mol. The van der Waals surface area contributed by atoms with E-state index in [-0.39, 0.29) is 24.2 Å². The molecule has 1 heterocycles. The first-order valence-electron chi connectivity index (χ1n) is 14.6. The van der Waals surface area contributed by atoms with E-state index in [1.807, 2.05) is 51.1 Å². The highest BCUT2D eigenvalue weighted by atomic mass is 16.6. The summed E-state index contributed by atoms with van der Waals surface area (Å²) in [6, 6.07) is 16.5. The quantitative estimate of drug-likeness (QED) is 0.138. The third kappa shape index (κ3) is 7.41. The van der Waals surface area contributed by atoms with Gasteiger partial charge in [-0.15, -0.1) is 0 Å². The Morgan fingerprint density at radius 2 is 1.65 bits per heavy atom. The van der Waals surface area contributed by atoms with Crippen molar-refractivity contribution in [3.63, 3.8) is 0 Å². The largest absolute Gasteiger partial charge is 0.494 e. The average molecular weight is 586 g/mol. The Balaban J connectivity index is 1.79. The molecule has 0 saturated carbocycles. The van der Waals surface area contributed by atoms with Gasteiger partial charge in [0.05, 0.1) is 36.4 Å². The maximum atomic E-state index is 13.8. The number of ether oxygens (including phenoxy) is 4. The molecule has 0 amide bonds. The number of carbonyl (C=O) groups is 1. The molecule has 226 valence electrons. The second-order valence-corrected chi connectivity index (χ2v) is 10.6. The van der Waals surface area contributed by atoms with Crippen LogP contribution in [0.1, 0.15) is 64.2 Å². The molecule has 9 heteroatoms. The first-order valence-corrected chi connectivity index (χ1v) is 14.6. The van der Waals surface area contributed by atoms with Gasteiger partial charge in [0, 0.05) is 5.56 Å². The van der Waals surface area contributed by atoms with E-state index in [1.54, 1.807) is 44.3 Å². The molecule has 0 aliphatic heterocycles. The third-order valence-electron chi connectivity index (χ3n) is 6.58. The minimum atomic E-state index is -0.469. The summed E-state index contributed by atoms with van der Waals surface area (Å²) in [6.45, 7) is 14.3. The number of carbonyl (C=O) groups excluding carboxylic acids is 1. The standard InChI is InChI=1S/C34H39N3O6/c1-8-40-30-16-23(7)27(18-26(30)21(3)4)33-36-28-13-11-10-12-25(28)34(39)37(33)35-19-24-14-15-29(31(17-24)41-9-2)42-20-32(38)43-22(5)6/h10-19,21-22H,8-9,20H2,1-7H3. The van der Waals surface area contributed by atoms with Gasteiger partial charge >= 0.3 is 5.97 Å². The number of esters is 1. The molecule has 0 bridgehead atoms. The van der Waals surface area contributed by atoms with Crippen molar-refractivity contribution in [2.45, 2.75) is 60.5 Å². The van der Waals surface area contributed by atoms with Gasteiger partial charge in [-0.25, -0.2) is 9.78 Å². The molecule has 0 radical (unpaired) electrons. The third-order valence-corrected chi connectivity index (χ3v) is 6.58. The molecule has 0 aliphatic carbocycles. The minimum absolute atomic E-state index is 0.190. The van der Waals surface area contributed by atoms with Crippen molar-refractivity contribution in [2.75, 3.05) is 19.8 Å². The van der Waals surface area contributed by atoms with E-state index in [4.69, 9.17) is 23.9 Å². The van der Waals surface area contributed by atoms with Crippen molar-refractivity contribution in [3.05, 3.63) is 81.6 Å². The van der Waals surface area contributed by atoms with Gasteiger partial charge in [0.15, 0.2) is 23.9 Å². The van der Waals surface area contributed by atoms with E-state index in [2.05, 4.69) is 18.9 Å². The lowest BCUT2D eigenvalue weighted by atomic mass is 9.96. The second-order valence-electron chi connectivity index (χ2n) is 10.6. The lowest BCUT2D eigenvalue weighted by Gasteiger charge is -2.18. The van der Waals surface area contributed by atoms with Gasteiger partial charge in [0.1, 0.15) is 5.75 Å². The molecule has 4 aromatic rings. The normalized spacial score (nSPS) is 11.5. The van der Waals surface area contributed by atoms with Crippen molar-refractivity contribution in [3.8, 4) is 28.6 Å². The zero-order chi connectivity index (χ0) is 31.1. The number of hydrogen-bond donors (Lipinski definition) is 0. The van der Waals surface area contributed by atoms with E-state index in [9.17, 15) is 9.59 Å². The lowest BCUT2D eigenvalue weighted by molar-refractivity contribution is -0.149. The van der Waals surface area contributed by atoms with Crippen LogP contribution >= 0.6 is 0 Å². The number of aromatic nitrogens is 2. The molecule has 0 saturated heterocycles. The number of para-hydroxylation sites is 1. The minimum Gasteiger partial charge on any atom is -0.494 e. The predicted molar refractivity (Wildman–Crippen MR) is 169 cm³/mol. The number of hydrogen-bond acceptors (Lipinski definition) is 8. The van der Waals surface area contributed by atoms with Gasteiger partial charge in [0.2, 0.25) is 0 Å². The fraction of sp³-hybridized carbons (Fsp3) is 0.353. The lowest BCUT2D eigenvalue weighted by Crippen LogP contribution is -2.21. The highest BCUT2D eigenvalue weighted by Gasteiger charge is 2.19. The van der Waals surface area contributed by atoms with Gasteiger partial charge in [0.25, 0.3) is 5.56 Å². The number of rotatable bonds is 12. The molecule has 0 fully saturated rings. The molecule has 0 atom stereocenters. The van der Waals surface area contributed by atoms with Crippen molar-refractivity contribution in [1.82, 2.24) is 9.66 Å². The van der Waals surface area contributed by atoms with Crippen LogP contribution in [-0.4, -0.2) is 47.8 Å². The summed E-state index contributed by atoms with van der Waals surface area (Å²) < 4.78 is 23.8. The summed E-state index contributed by atoms with van der Waals surface area (Å²) in [4.78, 5) is 30.7. The van der Waals surface area contributed by atoms with Crippen LogP contribution in [0.25, 0.3) is 22.3 Å². The molecule has 0 N–H and O–H groups in total. The van der Waals surface area contributed by atoms with Crippen molar-refractivity contribution >= 4 is 23.1 Å². The van der Waals surface area contributed by atoms with Crippen LogP contribution in [0.3, 0.4) is 0 Å². The topological polar surface area (TPSA) is 101 Å². The van der Waals surface area contributed by atoms with E-state index < -0.39 is 5.97 Å². The Labute approximate surface area is 252 Å². The van der Waals surface area contributed by atoms with Gasteiger partial charge in [-0.1, -0.05) is 26.0 Å². The van der Waals surface area contributed by atoms with Crippen molar-refractivity contribution in [1.29, 1.82) is 0 Å². The van der Waals surface area contributed by atoms with E-state index in [1.165, 1.54) is 4.68 Å². The Morgan fingerprint density at radius 3 is 2.35 bits per heavy atom. The Hall–Kier alpha value is -4.66. The Morgan fingerprint density at radius 1 is 0.930 bits per heavy atom. The highest BCUT2D eigenvalue weighted by molar-refractivity contribution is 5.83. The number of fused-ring (bicyclic) bond motifs is 1. The summed E-state index contributed by atoms with van der Waals surface area (Å²) in [6.07, 6.45) is 1.34. The van der Waals surface area contributed by atoms with E-state index in [0.717, 1.165) is 22.4 Å². The highest BCUT2D eigenvalue weighted by Crippen LogP contribution is 2.34. The molecular formula is C34H39N3O6. The van der Waals surface area contributed by atoms with Gasteiger partial charge in [-0.3, -0.25) is 4.79 Å². The maximum Gasteiger partial charge on any atom is 0.344 e. The smallest absolute Gasteiger partial charge is 0.344 e. The Kier molecular flexibility index (Phi) is 10.2. The fourth-order valence-electron chi connectivity index (χ4n) is 4.63. The monoisotopic (exact) mass is 585 g/mol. The first-order chi connectivity index (χ1) is 20.6. The summed E-state index contributed by atoms with van der Waals surface area (Å²) >= 11 is 0. The first kappa shape index (κ1) is 31.3. The molecule has 3 aromatic carbocycles. The van der Waals surface area contributed by atoms with Gasteiger partial charge in [-0.2, -0.15) is 9.78 Å². The average Bonchev–Trinajstić information content (AvgIpc) is 2.96. The number of nitrogens with zero attached hydrogens (tertiary/aromatic N) is 3. The molecule has 43 heavy (non-hydrogen) atoms. The summed E-state index contributed by atoms with van der Waals surface area (Å²) in [7, 11) is 0. The van der Waals surface area contributed by atoms with Crippen molar-refractivity contribution < 1.29 is 23.7 Å².